The highest BCUT2D eigenvalue weighted by atomic mass is 16.8. The number of nitrogens with one attached hydrogen (secondary N) is 2. The molecule has 0 aliphatic carbocycles. The minimum absolute atomic E-state index is 0.00770. The molecule has 0 aromatic carbocycles. The number of anilines is 1. The normalized spacial score (nSPS) is 27.7. The molecule has 2 aromatic heterocycles. The number of esters is 1. The van der Waals surface area contributed by atoms with Crippen molar-refractivity contribution in [3.8, 4) is 0 Å². The van der Waals surface area contributed by atoms with Crippen molar-refractivity contribution in [3.05, 3.63) is 16.7 Å². The van der Waals surface area contributed by atoms with Gasteiger partial charge in [-0.15, -0.1) is 0 Å². The van der Waals surface area contributed by atoms with Crippen LogP contribution >= 0.6 is 0 Å². The van der Waals surface area contributed by atoms with Gasteiger partial charge < -0.3 is 18.9 Å². The Labute approximate surface area is 164 Å². The van der Waals surface area contributed by atoms with E-state index in [9.17, 15) is 14.4 Å². The lowest BCUT2D eigenvalue weighted by molar-refractivity contribution is -0.201. The van der Waals surface area contributed by atoms with Gasteiger partial charge in [-0.2, -0.15) is 4.98 Å². The van der Waals surface area contributed by atoms with Gasteiger partial charge in [-0.05, 0) is 13.8 Å². The van der Waals surface area contributed by atoms with Crippen molar-refractivity contribution in [1.29, 1.82) is 0 Å². The lowest BCUT2D eigenvalue weighted by atomic mass is 10.1. The molecular weight excluding hydrogens is 386 g/mol. The van der Waals surface area contributed by atoms with E-state index >= 15 is 0 Å². The second-order valence-corrected chi connectivity index (χ2v) is 7.35. The van der Waals surface area contributed by atoms with Crippen molar-refractivity contribution in [1.82, 2.24) is 19.5 Å². The molecule has 4 heterocycles. The van der Waals surface area contributed by atoms with Crippen molar-refractivity contribution in [2.45, 2.75) is 58.0 Å². The fourth-order valence-electron chi connectivity index (χ4n) is 3.55. The van der Waals surface area contributed by atoms with E-state index in [-0.39, 0.29) is 29.6 Å². The maximum Gasteiger partial charge on any atom is 0.302 e. The molecule has 4 atom stereocenters. The average molecular weight is 407 g/mol. The molecular formula is C17H21N5O7. The van der Waals surface area contributed by atoms with Crippen LogP contribution in [0.4, 0.5) is 5.95 Å². The Morgan fingerprint density at radius 3 is 2.72 bits per heavy atom. The van der Waals surface area contributed by atoms with Crippen LogP contribution in [0.15, 0.2) is 11.1 Å². The number of amides is 1. The van der Waals surface area contributed by atoms with Gasteiger partial charge in [-0.25, -0.2) is 4.98 Å². The van der Waals surface area contributed by atoms with Crippen LogP contribution in [0.5, 0.6) is 0 Å². The first-order chi connectivity index (χ1) is 13.6. The molecule has 12 heteroatoms. The Kier molecular flexibility index (Phi) is 4.63. The quantitative estimate of drug-likeness (QED) is 0.671. The van der Waals surface area contributed by atoms with Crippen LogP contribution in [0.25, 0.3) is 11.2 Å². The number of carbonyl (C=O) groups is 2. The summed E-state index contributed by atoms with van der Waals surface area (Å²) in [6.45, 7) is 6.15. The molecule has 0 unspecified atom stereocenters. The molecule has 2 aromatic rings. The van der Waals surface area contributed by atoms with Crippen LogP contribution in [0, 0.1) is 0 Å². The number of rotatable bonds is 4. The molecule has 0 spiro atoms. The van der Waals surface area contributed by atoms with Crippen LogP contribution in [-0.2, 0) is 28.5 Å². The third-order valence-corrected chi connectivity index (χ3v) is 4.58. The van der Waals surface area contributed by atoms with Gasteiger partial charge >= 0.3 is 5.97 Å². The van der Waals surface area contributed by atoms with Crippen molar-refractivity contribution >= 4 is 29.0 Å². The standard InChI is InChI=1S/C17H21N5O7/c1-7(23)19-16-20-13-10(14(25)21-16)18-6-22(13)15-12-11(28-17(3,4)29-12)9(27-15)5-26-8(2)24/h6,9,11-12,15H,5H2,1-4H3,(H2,19,20,21,23,25)/t9-,11-,12-,15-/m1/s1. The van der Waals surface area contributed by atoms with Gasteiger partial charge in [0.2, 0.25) is 11.9 Å². The molecule has 2 aliphatic heterocycles. The predicted octanol–water partition coefficient (Wildman–Crippen LogP) is 0.0586. The van der Waals surface area contributed by atoms with Gasteiger partial charge in [0.15, 0.2) is 23.2 Å². The van der Waals surface area contributed by atoms with E-state index in [1.54, 1.807) is 18.4 Å². The largest absolute Gasteiger partial charge is 0.463 e. The third kappa shape index (κ3) is 3.61. The van der Waals surface area contributed by atoms with Crippen LogP contribution in [0.3, 0.4) is 0 Å². The lowest BCUT2D eigenvalue weighted by Crippen LogP contribution is -2.33. The predicted molar refractivity (Wildman–Crippen MR) is 96.8 cm³/mol. The number of imidazole rings is 1. The van der Waals surface area contributed by atoms with Crippen LogP contribution < -0.4 is 10.9 Å². The molecule has 2 aliphatic rings. The number of ether oxygens (including phenoxy) is 4. The van der Waals surface area contributed by atoms with Gasteiger partial charge in [0, 0.05) is 13.8 Å². The number of aromatic amines is 1. The highest BCUT2D eigenvalue weighted by Crippen LogP contribution is 2.43. The van der Waals surface area contributed by atoms with E-state index in [1.165, 1.54) is 20.2 Å². The minimum atomic E-state index is -0.867. The Bertz CT molecular complexity index is 1030. The van der Waals surface area contributed by atoms with Crippen molar-refractivity contribution in [2.24, 2.45) is 0 Å². The number of fused-ring (bicyclic) bond motifs is 2. The number of H-pyrrole nitrogens is 1. The molecule has 0 saturated carbocycles. The van der Waals surface area contributed by atoms with Crippen LogP contribution in [0.2, 0.25) is 0 Å². The van der Waals surface area contributed by atoms with Crippen LogP contribution in [0.1, 0.15) is 33.9 Å². The number of aromatic nitrogens is 4. The number of hydrogen-bond acceptors (Lipinski definition) is 9. The van der Waals surface area contributed by atoms with Crippen LogP contribution in [-0.4, -0.2) is 62.1 Å². The molecule has 156 valence electrons. The molecule has 12 nitrogen and oxygen atoms in total. The van der Waals surface area contributed by atoms with Gasteiger partial charge in [-0.3, -0.25) is 29.3 Å². The SMILES string of the molecule is CC(=O)Nc1nc2c(ncn2[C@@H]2O[C@H](COC(C)=O)[C@H]3OC(C)(C)O[C@H]32)c(=O)[nH]1. The zero-order valence-corrected chi connectivity index (χ0v) is 16.3. The molecule has 2 fully saturated rings. The molecule has 0 radical (unpaired) electrons. The summed E-state index contributed by atoms with van der Waals surface area (Å²) in [5.74, 6) is -1.69. The van der Waals surface area contributed by atoms with Gasteiger partial charge in [0.25, 0.3) is 5.56 Å². The first-order valence-electron chi connectivity index (χ1n) is 9.03. The third-order valence-electron chi connectivity index (χ3n) is 4.58. The molecule has 2 saturated heterocycles. The second kappa shape index (κ2) is 6.90. The monoisotopic (exact) mass is 407 g/mol. The lowest BCUT2D eigenvalue weighted by Gasteiger charge is -2.24. The zero-order valence-electron chi connectivity index (χ0n) is 16.3. The smallest absolute Gasteiger partial charge is 0.302 e. The number of hydrogen-bond donors (Lipinski definition) is 2. The highest BCUT2D eigenvalue weighted by Gasteiger charge is 2.56. The Morgan fingerprint density at radius 1 is 1.31 bits per heavy atom. The summed E-state index contributed by atoms with van der Waals surface area (Å²) in [7, 11) is 0. The Hall–Kier alpha value is -2.83. The van der Waals surface area contributed by atoms with Crippen molar-refractivity contribution in [2.75, 3.05) is 11.9 Å². The molecule has 1 amide bonds. The maximum atomic E-state index is 12.3. The number of carbonyl (C=O) groups excluding carboxylic acids is 2. The summed E-state index contributed by atoms with van der Waals surface area (Å²) in [4.78, 5) is 45.7. The first-order valence-corrected chi connectivity index (χ1v) is 9.03. The van der Waals surface area contributed by atoms with E-state index in [2.05, 4.69) is 20.3 Å². The van der Waals surface area contributed by atoms with E-state index in [0.29, 0.717) is 0 Å². The second-order valence-electron chi connectivity index (χ2n) is 7.35. The number of nitrogens with zero attached hydrogens (tertiary/aromatic N) is 3. The Balaban J connectivity index is 1.72. The summed E-state index contributed by atoms with van der Waals surface area (Å²) in [6.07, 6.45) is -0.941. The molecule has 0 bridgehead atoms. The van der Waals surface area contributed by atoms with Crippen molar-refractivity contribution < 1.29 is 28.5 Å². The topological polar surface area (TPSA) is 147 Å². The fourth-order valence-corrected chi connectivity index (χ4v) is 3.55. The zero-order chi connectivity index (χ0) is 20.9. The Morgan fingerprint density at radius 2 is 2.03 bits per heavy atom. The van der Waals surface area contributed by atoms with E-state index in [0.717, 1.165) is 0 Å². The summed E-state index contributed by atoms with van der Waals surface area (Å²) in [6, 6.07) is 0. The van der Waals surface area contributed by atoms with Gasteiger partial charge in [0.1, 0.15) is 24.9 Å². The summed E-state index contributed by atoms with van der Waals surface area (Å²) >= 11 is 0. The first kappa shape index (κ1) is 19.5. The van der Waals surface area contributed by atoms with E-state index in [4.69, 9.17) is 18.9 Å². The molecule has 4 rings (SSSR count). The van der Waals surface area contributed by atoms with E-state index in [1.807, 2.05) is 0 Å². The van der Waals surface area contributed by atoms with Gasteiger partial charge in [-0.1, -0.05) is 0 Å². The fraction of sp³-hybridized carbons (Fsp3) is 0.588. The average Bonchev–Trinajstić information content (AvgIpc) is 3.23. The summed E-state index contributed by atoms with van der Waals surface area (Å²) in [5, 5.41) is 2.45. The highest BCUT2D eigenvalue weighted by molar-refractivity contribution is 5.87. The molecule has 2 N–H and O–H groups in total. The maximum absolute atomic E-state index is 12.3. The summed E-state index contributed by atoms with van der Waals surface area (Å²) < 4.78 is 24.6. The van der Waals surface area contributed by atoms with Gasteiger partial charge in [0.05, 0.1) is 6.33 Å². The minimum Gasteiger partial charge on any atom is -0.463 e. The van der Waals surface area contributed by atoms with E-state index < -0.39 is 41.9 Å². The summed E-state index contributed by atoms with van der Waals surface area (Å²) in [5.41, 5.74) is -0.212. The van der Waals surface area contributed by atoms with Crippen molar-refractivity contribution in [3.63, 3.8) is 0 Å². The molecule has 29 heavy (non-hydrogen) atoms.